The normalized spacial score (nSPS) is 21.4. The summed E-state index contributed by atoms with van der Waals surface area (Å²) in [6.45, 7) is 1.92. The van der Waals surface area contributed by atoms with Crippen molar-refractivity contribution in [1.82, 2.24) is 4.90 Å². The lowest BCUT2D eigenvalue weighted by Crippen LogP contribution is -2.36. The topological polar surface area (TPSA) is 29.3 Å². The van der Waals surface area contributed by atoms with Gasteiger partial charge in [0.25, 0.3) is 0 Å². The summed E-state index contributed by atoms with van der Waals surface area (Å²) >= 11 is 0. The lowest BCUT2D eigenvalue weighted by Gasteiger charge is -2.34. The summed E-state index contributed by atoms with van der Waals surface area (Å²) in [4.78, 5) is 2.47. The first-order valence-electron chi connectivity index (χ1n) is 7.78. The Morgan fingerprint density at radius 2 is 2.05 bits per heavy atom. The first-order valence-corrected chi connectivity index (χ1v) is 7.78. The zero-order valence-corrected chi connectivity index (χ0v) is 12.0. The molecule has 0 heterocycles. The smallest absolute Gasteiger partial charge is 0.0467 e. The Balaban J connectivity index is 1.70. The highest BCUT2D eigenvalue weighted by Gasteiger charge is 2.26. The van der Waals surface area contributed by atoms with Crippen molar-refractivity contribution < 1.29 is 0 Å². The predicted octanol–water partition coefficient (Wildman–Crippen LogP) is 3.30. The Kier molecular flexibility index (Phi) is 3.90. The molecule has 2 saturated carbocycles. The highest BCUT2D eigenvalue weighted by atomic mass is 15.1. The average Bonchev–Trinajstić information content (AvgIpc) is 3.19. The van der Waals surface area contributed by atoms with Gasteiger partial charge < -0.3 is 5.73 Å². The summed E-state index contributed by atoms with van der Waals surface area (Å²) < 4.78 is 0. The molecule has 0 amide bonds. The molecule has 2 heteroatoms. The lowest BCUT2D eigenvalue weighted by atomic mass is 9.84. The lowest BCUT2D eigenvalue weighted by molar-refractivity contribution is 0.165. The maximum absolute atomic E-state index is 6.04. The molecule has 0 aromatic heterocycles. The molecule has 1 aromatic rings. The van der Waals surface area contributed by atoms with Crippen molar-refractivity contribution in [2.75, 3.05) is 20.1 Å². The number of rotatable bonds is 6. The van der Waals surface area contributed by atoms with Gasteiger partial charge in [0.1, 0.15) is 0 Å². The second kappa shape index (κ2) is 5.64. The summed E-state index contributed by atoms with van der Waals surface area (Å²) in [5, 5.41) is 0. The van der Waals surface area contributed by atoms with Gasteiger partial charge in [-0.3, -0.25) is 4.90 Å². The molecule has 2 N–H and O–H groups in total. The van der Waals surface area contributed by atoms with Crippen LogP contribution in [0, 0.1) is 5.92 Å². The quantitative estimate of drug-likeness (QED) is 0.848. The fourth-order valence-electron chi connectivity index (χ4n) is 3.22. The summed E-state index contributed by atoms with van der Waals surface area (Å²) in [5.41, 5.74) is 8.97. The Morgan fingerprint density at radius 1 is 1.26 bits per heavy atom. The van der Waals surface area contributed by atoms with E-state index in [1.54, 1.807) is 0 Å². The van der Waals surface area contributed by atoms with Gasteiger partial charge in [0, 0.05) is 19.1 Å². The molecule has 104 valence electrons. The minimum Gasteiger partial charge on any atom is -0.329 e. The summed E-state index contributed by atoms with van der Waals surface area (Å²) in [6.07, 6.45) is 6.97. The van der Waals surface area contributed by atoms with Gasteiger partial charge in [-0.25, -0.2) is 0 Å². The first-order chi connectivity index (χ1) is 9.28. The molecule has 2 aliphatic carbocycles. The van der Waals surface area contributed by atoms with Crippen molar-refractivity contribution >= 4 is 0 Å². The van der Waals surface area contributed by atoms with Crippen LogP contribution in [0.2, 0.25) is 0 Å². The zero-order chi connectivity index (χ0) is 13.2. The molecule has 2 fully saturated rings. The van der Waals surface area contributed by atoms with Crippen LogP contribution in [-0.2, 0) is 0 Å². The molecular weight excluding hydrogens is 232 g/mol. The number of hydrogen-bond acceptors (Lipinski definition) is 2. The average molecular weight is 258 g/mol. The van der Waals surface area contributed by atoms with Crippen molar-refractivity contribution in [3.8, 4) is 0 Å². The number of hydrogen-bond donors (Lipinski definition) is 1. The van der Waals surface area contributed by atoms with Gasteiger partial charge in [-0.1, -0.05) is 30.7 Å². The minimum atomic E-state index is 0.388. The monoisotopic (exact) mass is 258 g/mol. The molecule has 1 aromatic carbocycles. The van der Waals surface area contributed by atoms with Crippen molar-refractivity contribution in [2.45, 2.75) is 44.1 Å². The van der Waals surface area contributed by atoms with Gasteiger partial charge in [-0.2, -0.15) is 0 Å². The Labute approximate surface area is 117 Å². The van der Waals surface area contributed by atoms with E-state index in [0.29, 0.717) is 6.04 Å². The van der Waals surface area contributed by atoms with Crippen molar-refractivity contribution in [2.24, 2.45) is 11.7 Å². The minimum absolute atomic E-state index is 0.388. The van der Waals surface area contributed by atoms with E-state index in [1.807, 2.05) is 0 Å². The third-order valence-electron chi connectivity index (χ3n) is 4.87. The Hall–Kier alpha value is -0.860. The molecule has 0 bridgehead atoms. The first kappa shape index (κ1) is 13.1. The van der Waals surface area contributed by atoms with E-state index >= 15 is 0 Å². The van der Waals surface area contributed by atoms with E-state index in [9.17, 15) is 0 Å². The van der Waals surface area contributed by atoms with Gasteiger partial charge in [0.05, 0.1) is 0 Å². The third kappa shape index (κ3) is 3.01. The Morgan fingerprint density at radius 3 is 2.63 bits per heavy atom. The molecule has 1 unspecified atom stereocenters. The highest BCUT2D eigenvalue weighted by molar-refractivity contribution is 5.31. The van der Waals surface area contributed by atoms with Crippen molar-refractivity contribution in [3.05, 3.63) is 35.4 Å². The Bertz CT molecular complexity index is 421. The maximum Gasteiger partial charge on any atom is 0.0467 e. The van der Waals surface area contributed by atoms with E-state index in [4.69, 9.17) is 5.73 Å². The fourth-order valence-corrected chi connectivity index (χ4v) is 3.22. The van der Waals surface area contributed by atoms with E-state index in [0.717, 1.165) is 18.4 Å². The molecule has 19 heavy (non-hydrogen) atoms. The zero-order valence-electron chi connectivity index (χ0n) is 12.0. The van der Waals surface area contributed by atoms with Gasteiger partial charge in [-0.15, -0.1) is 0 Å². The van der Waals surface area contributed by atoms with Crippen LogP contribution in [0.3, 0.4) is 0 Å². The van der Waals surface area contributed by atoms with E-state index in [2.05, 4.69) is 36.2 Å². The number of nitrogens with zero attached hydrogens (tertiary/aromatic N) is 1. The molecule has 0 saturated heterocycles. The molecule has 0 aliphatic heterocycles. The van der Waals surface area contributed by atoms with Crippen LogP contribution in [0.1, 0.15) is 55.2 Å². The van der Waals surface area contributed by atoms with Crippen LogP contribution < -0.4 is 5.73 Å². The predicted molar refractivity (Wildman–Crippen MR) is 80.2 cm³/mol. The van der Waals surface area contributed by atoms with Crippen LogP contribution in [0.4, 0.5) is 0 Å². The van der Waals surface area contributed by atoms with E-state index in [1.165, 1.54) is 49.8 Å². The van der Waals surface area contributed by atoms with Gasteiger partial charge in [-0.05, 0) is 55.7 Å². The molecular formula is C17H26N2. The van der Waals surface area contributed by atoms with Crippen LogP contribution >= 0.6 is 0 Å². The fraction of sp³-hybridized carbons (Fsp3) is 0.647. The van der Waals surface area contributed by atoms with Gasteiger partial charge >= 0.3 is 0 Å². The largest absolute Gasteiger partial charge is 0.329 e. The van der Waals surface area contributed by atoms with Gasteiger partial charge in [0.2, 0.25) is 0 Å². The number of benzene rings is 1. The third-order valence-corrected chi connectivity index (χ3v) is 4.87. The molecule has 0 spiro atoms. The van der Waals surface area contributed by atoms with Crippen LogP contribution in [0.15, 0.2) is 24.3 Å². The van der Waals surface area contributed by atoms with Crippen LogP contribution in [-0.4, -0.2) is 25.0 Å². The molecule has 0 radical (unpaired) electrons. The summed E-state index contributed by atoms with van der Waals surface area (Å²) in [7, 11) is 2.24. The standard InChI is InChI=1S/C17H26N2/c1-19(12-13-4-2-5-13)17(11-18)16-7-3-6-15(10-16)14-8-9-14/h3,6-7,10,13-14,17H,2,4-5,8-9,11-12,18H2,1H3. The van der Waals surface area contributed by atoms with Crippen molar-refractivity contribution in [1.29, 1.82) is 0 Å². The van der Waals surface area contributed by atoms with Crippen molar-refractivity contribution in [3.63, 3.8) is 0 Å². The number of nitrogens with two attached hydrogens (primary N) is 1. The van der Waals surface area contributed by atoms with E-state index < -0.39 is 0 Å². The second-order valence-corrected chi connectivity index (χ2v) is 6.43. The van der Waals surface area contributed by atoms with Crippen LogP contribution in [0.25, 0.3) is 0 Å². The SMILES string of the molecule is CN(CC1CCC1)C(CN)c1cccc(C2CC2)c1. The van der Waals surface area contributed by atoms with Gasteiger partial charge in [0.15, 0.2) is 0 Å². The molecule has 2 aliphatic rings. The molecule has 3 rings (SSSR count). The summed E-state index contributed by atoms with van der Waals surface area (Å²) in [5.74, 6) is 1.74. The summed E-state index contributed by atoms with van der Waals surface area (Å²) in [6, 6.07) is 9.52. The maximum atomic E-state index is 6.04. The molecule has 1 atom stereocenters. The second-order valence-electron chi connectivity index (χ2n) is 6.43. The van der Waals surface area contributed by atoms with E-state index in [-0.39, 0.29) is 0 Å². The number of likely N-dealkylation sites (N-methyl/N-ethyl adjacent to an activating group) is 1. The highest BCUT2D eigenvalue weighted by Crippen LogP contribution is 2.40. The van der Waals surface area contributed by atoms with Crippen LogP contribution in [0.5, 0.6) is 0 Å². The molecule has 2 nitrogen and oxygen atoms in total.